The van der Waals surface area contributed by atoms with Crippen molar-refractivity contribution in [3.8, 4) is 0 Å². The Labute approximate surface area is 143 Å². The predicted molar refractivity (Wildman–Crippen MR) is 96.1 cm³/mol. The molecule has 2 aromatic rings. The van der Waals surface area contributed by atoms with E-state index >= 15 is 0 Å². The number of morpholine rings is 1. The van der Waals surface area contributed by atoms with Gasteiger partial charge in [-0.3, -0.25) is 4.79 Å². The number of rotatable bonds is 6. The van der Waals surface area contributed by atoms with Gasteiger partial charge in [-0.25, -0.2) is 0 Å². The number of benzene rings is 2. The van der Waals surface area contributed by atoms with Gasteiger partial charge < -0.3 is 15.4 Å². The van der Waals surface area contributed by atoms with Crippen LogP contribution in [0.4, 0.5) is 5.69 Å². The lowest BCUT2D eigenvalue weighted by molar-refractivity contribution is -0.120. The first-order valence-electron chi connectivity index (χ1n) is 8.56. The molecule has 4 heteroatoms. The molecule has 1 aliphatic rings. The van der Waals surface area contributed by atoms with Crippen LogP contribution < -0.4 is 10.6 Å². The third-order valence-electron chi connectivity index (χ3n) is 4.21. The Morgan fingerprint density at radius 1 is 1.08 bits per heavy atom. The number of amides is 1. The van der Waals surface area contributed by atoms with Crippen LogP contribution in [0.2, 0.25) is 0 Å². The average Bonchev–Trinajstić information content (AvgIpc) is 2.64. The van der Waals surface area contributed by atoms with E-state index in [0.29, 0.717) is 13.2 Å². The Bertz CT molecular complexity index is 652. The highest BCUT2D eigenvalue weighted by atomic mass is 16.5. The maximum atomic E-state index is 12.2. The number of anilines is 1. The molecule has 126 valence electrons. The van der Waals surface area contributed by atoms with E-state index < -0.39 is 0 Å². The average molecular weight is 324 g/mol. The summed E-state index contributed by atoms with van der Waals surface area (Å²) in [5.41, 5.74) is 3.46. The fourth-order valence-electron chi connectivity index (χ4n) is 2.91. The Balaban J connectivity index is 1.51. The van der Waals surface area contributed by atoms with Gasteiger partial charge in [-0.2, -0.15) is 0 Å². The van der Waals surface area contributed by atoms with Crippen molar-refractivity contribution < 1.29 is 9.53 Å². The smallest absolute Gasteiger partial charge is 0.243 e. The maximum Gasteiger partial charge on any atom is 0.243 e. The quantitative estimate of drug-likeness (QED) is 0.859. The summed E-state index contributed by atoms with van der Waals surface area (Å²) in [5.74, 6) is -0.0314. The fraction of sp³-hybridized carbons (Fsp3) is 0.350. The summed E-state index contributed by atoms with van der Waals surface area (Å²) in [7, 11) is 0. The van der Waals surface area contributed by atoms with Gasteiger partial charge in [-0.1, -0.05) is 42.5 Å². The van der Waals surface area contributed by atoms with Crippen molar-refractivity contribution in [3.05, 3.63) is 65.7 Å². The molecule has 0 bridgehead atoms. The summed E-state index contributed by atoms with van der Waals surface area (Å²) < 4.78 is 5.34. The number of ether oxygens (including phenoxy) is 1. The van der Waals surface area contributed by atoms with Gasteiger partial charge in [0.1, 0.15) is 6.04 Å². The van der Waals surface area contributed by atoms with Gasteiger partial charge in [0, 0.05) is 12.2 Å². The molecule has 0 aliphatic carbocycles. The van der Waals surface area contributed by atoms with Gasteiger partial charge in [0.05, 0.1) is 13.2 Å². The fourth-order valence-corrected chi connectivity index (χ4v) is 2.91. The normalized spacial score (nSPS) is 17.4. The van der Waals surface area contributed by atoms with Crippen LogP contribution in [0.5, 0.6) is 0 Å². The Kier molecular flexibility index (Phi) is 5.99. The number of aryl methyl sites for hydroxylation is 2. The van der Waals surface area contributed by atoms with E-state index in [1.54, 1.807) is 0 Å². The largest absolute Gasteiger partial charge is 0.378 e. The van der Waals surface area contributed by atoms with E-state index in [1.807, 2.05) is 18.2 Å². The summed E-state index contributed by atoms with van der Waals surface area (Å²) in [6, 6.07) is 18.4. The summed E-state index contributed by atoms with van der Waals surface area (Å²) in [5, 5.41) is 6.15. The summed E-state index contributed by atoms with van der Waals surface area (Å²) >= 11 is 0. The first-order chi connectivity index (χ1) is 11.8. The molecule has 1 unspecified atom stereocenters. The van der Waals surface area contributed by atoms with Crippen molar-refractivity contribution in [1.29, 1.82) is 0 Å². The molecule has 0 aromatic heterocycles. The third-order valence-corrected chi connectivity index (χ3v) is 4.21. The van der Waals surface area contributed by atoms with Crippen molar-refractivity contribution in [1.82, 2.24) is 5.32 Å². The van der Waals surface area contributed by atoms with E-state index in [4.69, 9.17) is 4.74 Å². The highest BCUT2D eigenvalue weighted by Gasteiger charge is 2.21. The van der Waals surface area contributed by atoms with Crippen LogP contribution in [0.25, 0.3) is 0 Å². The number of carbonyl (C=O) groups is 1. The minimum atomic E-state index is -0.263. The van der Waals surface area contributed by atoms with Gasteiger partial charge in [-0.15, -0.1) is 0 Å². The molecule has 1 aliphatic heterocycles. The van der Waals surface area contributed by atoms with Gasteiger partial charge in [0.15, 0.2) is 0 Å². The number of carbonyl (C=O) groups excluding carboxylic acids is 1. The van der Waals surface area contributed by atoms with Gasteiger partial charge in [0.25, 0.3) is 0 Å². The summed E-state index contributed by atoms with van der Waals surface area (Å²) in [4.78, 5) is 12.2. The van der Waals surface area contributed by atoms with Gasteiger partial charge in [0.2, 0.25) is 5.91 Å². The van der Waals surface area contributed by atoms with Crippen LogP contribution in [-0.4, -0.2) is 31.7 Å². The zero-order valence-electron chi connectivity index (χ0n) is 13.8. The molecule has 1 saturated heterocycles. The Morgan fingerprint density at radius 3 is 2.67 bits per heavy atom. The predicted octanol–water partition coefficient (Wildman–Crippen LogP) is 2.79. The van der Waals surface area contributed by atoms with Crippen LogP contribution >= 0.6 is 0 Å². The molecular weight excluding hydrogens is 300 g/mol. The van der Waals surface area contributed by atoms with Crippen LogP contribution in [0.15, 0.2) is 54.6 Å². The second-order valence-corrected chi connectivity index (χ2v) is 6.11. The third kappa shape index (κ3) is 4.91. The van der Waals surface area contributed by atoms with E-state index in [-0.39, 0.29) is 11.9 Å². The second-order valence-electron chi connectivity index (χ2n) is 6.11. The molecule has 1 atom stereocenters. The zero-order chi connectivity index (χ0) is 16.6. The van der Waals surface area contributed by atoms with E-state index in [0.717, 1.165) is 31.5 Å². The molecule has 2 N–H and O–H groups in total. The Morgan fingerprint density at radius 2 is 1.88 bits per heavy atom. The molecule has 3 rings (SSSR count). The molecule has 0 spiro atoms. The lowest BCUT2D eigenvalue weighted by Crippen LogP contribution is -2.48. The van der Waals surface area contributed by atoms with Gasteiger partial charge in [-0.05, 0) is 42.5 Å². The minimum Gasteiger partial charge on any atom is -0.378 e. The minimum absolute atomic E-state index is 0.0314. The molecule has 2 aromatic carbocycles. The topological polar surface area (TPSA) is 50.4 Å². The van der Waals surface area contributed by atoms with Gasteiger partial charge >= 0.3 is 0 Å². The lowest BCUT2D eigenvalue weighted by Gasteiger charge is -2.23. The highest BCUT2D eigenvalue weighted by molar-refractivity contribution is 5.95. The lowest BCUT2D eigenvalue weighted by atomic mass is 10.0. The maximum absolute atomic E-state index is 12.2. The molecule has 1 fully saturated rings. The van der Waals surface area contributed by atoms with Crippen molar-refractivity contribution in [2.24, 2.45) is 0 Å². The summed E-state index contributed by atoms with van der Waals surface area (Å²) in [6.45, 7) is 1.82. The first kappa shape index (κ1) is 16.7. The number of nitrogens with one attached hydrogen (secondary N) is 2. The molecule has 24 heavy (non-hydrogen) atoms. The van der Waals surface area contributed by atoms with E-state index in [2.05, 4.69) is 47.0 Å². The van der Waals surface area contributed by atoms with Crippen molar-refractivity contribution in [3.63, 3.8) is 0 Å². The molecule has 0 saturated carbocycles. The van der Waals surface area contributed by atoms with Crippen LogP contribution in [-0.2, 0) is 22.4 Å². The van der Waals surface area contributed by atoms with Crippen LogP contribution in [0.3, 0.4) is 0 Å². The molecule has 1 heterocycles. The first-order valence-corrected chi connectivity index (χ1v) is 8.56. The van der Waals surface area contributed by atoms with Crippen LogP contribution in [0, 0.1) is 0 Å². The van der Waals surface area contributed by atoms with Crippen LogP contribution in [0.1, 0.15) is 17.5 Å². The zero-order valence-corrected chi connectivity index (χ0v) is 13.8. The second kappa shape index (κ2) is 8.62. The van der Waals surface area contributed by atoms with Crippen molar-refractivity contribution in [2.45, 2.75) is 25.3 Å². The standard InChI is InChI=1S/C20H24N2O2/c23-20(19-15-24-13-12-21-19)22-18-11-5-10-17(14-18)9-4-8-16-6-2-1-3-7-16/h1-3,5-7,10-11,14,19,21H,4,8-9,12-13,15H2,(H,22,23). The van der Waals surface area contributed by atoms with E-state index in [1.165, 1.54) is 11.1 Å². The van der Waals surface area contributed by atoms with Crippen molar-refractivity contribution in [2.75, 3.05) is 25.1 Å². The Hall–Kier alpha value is -2.17. The number of hydrogen-bond acceptors (Lipinski definition) is 3. The summed E-state index contributed by atoms with van der Waals surface area (Å²) in [6.07, 6.45) is 3.17. The highest BCUT2D eigenvalue weighted by Crippen LogP contribution is 2.14. The van der Waals surface area contributed by atoms with E-state index in [9.17, 15) is 4.79 Å². The molecule has 0 radical (unpaired) electrons. The number of hydrogen-bond donors (Lipinski definition) is 2. The molecular formula is C20H24N2O2. The molecule has 4 nitrogen and oxygen atoms in total. The van der Waals surface area contributed by atoms with Crippen molar-refractivity contribution >= 4 is 11.6 Å². The molecule has 1 amide bonds. The monoisotopic (exact) mass is 324 g/mol. The SMILES string of the molecule is O=C(Nc1cccc(CCCc2ccccc2)c1)C1COCCN1.